The number of piperidine rings is 2. The lowest BCUT2D eigenvalue weighted by Crippen LogP contribution is -2.61. The standard InChI is InChI=1S/C45H50F2N10O5/c1-24-14-28-16-36(48-24)40-25(2)53-54(3)44(40)61-23-27-5-4-26(15-27)20-57-37-17-31(6-7-35(37)50-45(57)52-42(28)59)55-12-10-29(11-13-55)49-30-21-56(22-30)41-33(46)18-32(19-34(41)47)62-38-8-9-39(58)51-43(38)60/h6-7,14,16-19,26-27,29-30,38,49H,4-5,8-13,15,20-23H2,1-3H3,(H,50,52,59)(H,51,58,60)/t26-,27+,38?/m1/s1. The fraction of sp³-hybridized carbons (Fsp3) is 0.467. The maximum Gasteiger partial charge on any atom is 0.267 e. The van der Waals surface area contributed by atoms with Crippen LogP contribution in [0.25, 0.3) is 22.3 Å². The summed E-state index contributed by atoms with van der Waals surface area (Å²) < 4.78 is 46.4. The molecule has 1 saturated carbocycles. The Bertz CT molecular complexity index is 2570. The molecule has 4 bridgehead atoms. The monoisotopic (exact) mass is 848 g/mol. The molecule has 15 nitrogen and oxygen atoms in total. The Morgan fingerprint density at radius 1 is 0.855 bits per heavy atom. The maximum atomic E-state index is 15.2. The summed E-state index contributed by atoms with van der Waals surface area (Å²) in [4.78, 5) is 51.4. The van der Waals surface area contributed by atoms with Gasteiger partial charge in [0.05, 0.1) is 34.6 Å². The Morgan fingerprint density at radius 2 is 1.63 bits per heavy atom. The predicted octanol–water partition coefficient (Wildman–Crippen LogP) is 5.42. The zero-order chi connectivity index (χ0) is 42.8. The molecule has 10 rings (SSSR count). The van der Waals surface area contributed by atoms with E-state index in [1.807, 2.05) is 27.0 Å². The summed E-state index contributed by atoms with van der Waals surface area (Å²) in [6, 6.07) is 12.5. The molecule has 5 aliphatic rings. The smallest absolute Gasteiger partial charge is 0.267 e. The number of amides is 3. The van der Waals surface area contributed by atoms with Crippen molar-refractivity contribution in [1.29, 1.82) is 0 Å². The van der Waals surface area contributed by atoms with Crippen LogP contribution < -0.4 is 35.2 Å². The lowest BCUT2D eigenvalue weighted by atomic mass is 10.00. The highest BCUT2D eigenvalue weighted by molar-refractivity contribution is 6.05. The van der Waals surface area contributed by atoms with E-state index in [4.69, 9.17) is 19.4 Å². The third-order valence-electron chi connectivity index (χ3n) is 13.1. The topological polar surface area (TPSA) is 161 Å². The van der Waals surface area contributed by atoms with Crippen LogP contribution in [0.3, 0.4) is 0 Å². The summed E-state index contributed by atoms with van der Waals surface area (Å²) >= 11 is 0. The van der Waals surface area contributed by atoms with Gasteiger partial charge < -0.3 is 29.2 Å². The van der Waals surface area contributed by atoms with Gasteiger partial charge in [0, 0.05) is 93.8 Å². The molecule has 7 heterocycles. The van der Waals surface area contributed by atoms with Crippen molar-refractivity contribution in [1.82, 2.24) is 34.9 Å². The molecule has 0 radical (unpaired) electrons. The van der Waals surface area contributed by atoms with Gasteiger partial charge in [-0.1, -0.05) is 0 Å². The zero-order valence-corrected chi connectivity index (χ0v) is 35.0. The second kappa shape index (κ2) is 16.0. The Hall–Kier alpha value is -6.10. The number of imidazole rings is 1. The first-order valence-corrected chi connectivity index (χ1v) is 21.6. The van der Waals surface area contributed by atoms with Crippen LogP contribution in [0.1, 0.15) is 66.7 Å². The number of nitrogens with zero attached hydrogens (tertiary/aromatic N) is 7. The van der Waals surface area contributed by atoms with Gasteiger partial charge in [0.2, 0.25) is 17.7 Å². The molecule has 4 fully saturated rings. The van der Waals surface area contributed by atoms with Crippen LogP contribution in [-0.2, 0) is 23.2 Å². The van der Waals surface area contributed by atoms with Crippen molar-refractivity contribution in [3.8, 4) is 22.9 Å². The largest absolute Gasteiger partial charge is 0.480 e. The Balaban J connectivity index is 0.806. The second-order valence-corrected chi connectivity index (χ2v) is 17.6. The number of rotatable bonds is 6. The molecule has 4 aliphatic heterocycles. The van der Waals surface area contributed by atoms with E-state index in [0.29, 0.717) is 60.3 Å². The lowest BCUT2D eigenvalue weighted by molar-refractivity contribution is -0.138. The third-order valence-corrected chi connectivity index (χ3v) is 13.1. The highest BCUT2D eigenvalue weighted by Crippen LogP contribution is 2.39. The third kappa shape index (κ3) is 7.71. The number of carbonyl (C=O) groups excluding carboxylic acids is 3. The normalized spacial score (nSPS) is 22.3. The molecule has 62 heavy (non-hydrogen) atoms. The average Bonchev–Trinajstić information content (AvgIpc) is 3.90. The van der Waals surface area contributed by atoms with Crippen LogP contribution in [0.4, 0.5) is 26.1 Å². The fourth-order valence-corrected chi connectivity index (χ4v) is 10.0. The van der Waals surface area contributed by atoms with Crippen molar-refractivity contribution < 1.29 is 32.6 Å². The summed E-state index contributed by atoms with van der Waals surface area (Å²) in [5, 5.41) is 13.7. The first kappa shape index (κ1) is 40.0. The molecule has 2 aromatic carbocycles. The average molecular weight is 849 g/mol. The molecule has 5 aromatic rings. The van der Waals surface area contributed by atoms with Crippen molar-refractivity contribution >= 4 is 46.1 Å². The van der Waals surface area contributed by atoms with Crippen molar-refractivity contribution in [2.75, 3.05) is 47.9 Å². The number of aryl methyl sites for hydroxylation is 3. The number of nitrogens with one attached hydrogen (secondary N) is 3. The van der Waals surface area contributed by atoms with Gasteiger partial charge in [0.15, 0.2) is 17.7 Å². The molecule has 0 spiro atoms. The van der Waals surface area contributed by atoms with Crippen LogP contribution in [0.2, 0.25) is 0 Å². The molecule has 3 atom stereocenters. The van der Waals surface area contributed by atoms with Crippen molar-refractivity contribution in [2.45, 2.75) is 83.5 Å². The summed E-state index contributed by atoms with van der Waals surface area (Å²) in [5.74, 6) is -0.898. The first-order chi connectivity index (χ1) is 29.9. The minimum absolute atomic E-state index is 0.0864. The maximum absolute atomic E-state index is 15.2. The number of ether oxygens (including phenoxy) is 2. The second-order valence-electron chi connectivity index (χ2n) is 17.6. The molecule has 3 amide bonds. The summed E-state index contributed by atoms with van der Waals surface area (Å²) in [6.07, 6.45) is 4.19. The van der Waals surface area contributed by atoms with E-state index in [1.165, 1.54) is 0 Å². The molecule has 17 heteroatoms. The molecule has 3 aromatic heterocycles. The Labute approximate surface area is 357 Å². The number of fused-ring (bicyclic) bond motifs is 9. The number of hydrogen-bond acceptors (Lipinski definition) is 11. The van der Waals surface area contributed by atoms with E-state index >= 15 is 8.78 Å². The Morgan fingerprint density at radius 3 is 2.40 bits per heavy atom. The minimum atomic E-state index is -0.978. The number of imide groups is 1. The van der Waals surface area contributed by atoms with E-state index < -0.39 is 29.6 Å². The van der Waals surface area contributed by atoms with Gasteiger partial charge in [0.1, 0.15) is 11.4 Å². The lowest BCUT2D eigenvalue weighted by Gasteiger charge is -2.44. The molecule has 1 aliphatic carbocycles. The van der Waals surface area contributed by atoms with E-state index in [1.54, 1.807) is 21.7 Å². The number of aromatic nitrogens is 5. The molecule has 3 saturated heterocycles. The van der Waals surface area contributed by atoms with E-state index in [-0.39, 0.29) is 42.3 Å². The van der Waals surface area contributed by atoms with Gasteiger partial charge in [0.25, 0.3) is 11.8 Å². The number of carbonyl (C=O) groups is 3. The van der Waals surface area contributed by atoms with Crippen molar-refractivity contribution in [2.24, 2.45) is 18.9 Å². The Kier molecular flexibility index (Phi) is 10.3. The summed E-state index contributed by atoms with van der Waals surface area (Å²) in [7, 11) is 1.88. The number of benzene rings is 2. The number of pyridine rings is 1. The SMILES string of the molecule is Cc1cc2cc(n1)-c1c(C)nn(C)c1OC[C@H]1CC[C@H](C1)Cn1c(nc3ccc(N4CCC(NC5CN(c6c(F)cc(OC7CCC(=O)NC7=O)cc6F)C5)CC4)cc31)NC2=O. The molecular formula is C45H50F2N10O5. The van der Waals surface area contributed by atoms with Gasteiger partial charge in [-0.2, -0.15) is 5.10 Å². The predicted molar refractivity (Wildman–Crippen MR) is 227 cm³/mol. The number of halogens is 2. The quantitative estimate of drug-likeness (QED) is 0.187. The van der Waals surface area contributed by atoms with E-state index in [2.05, 4.69) is 42.6 Å². The van der Waals surface area contributed by atoms with Gasteiger partial charge in [-0.3, -0.25) is 30.0 Å². The first-order valence-electron chi connectivity index (χ1n) is 21.6. The summed E-state index contributed by atoms with van der Waals surface area (Å²) in [5.41, 5.74) is 6.22. The van der Waals surface area contributed by atoms with Crippen LogP contribution in [-0.4, -0.2) is 93.0 Å². The van der Waals surface area contributed by atoms with Gasteiger partial charge in [-0.15, -0.1) is 0 Å². The minimum Gasteiger partial charge on any atom is -0.480 e. The highest BCUT2D eigenvalue weighted by atomic mass is 19.1. The molecule has 1 unspecified atom stereocenters. The molecule has 324 valence electrons. The zero-order valence-electron chi connectivity index (χ0n) is 35.0. The van der Waals surface area contributed by atoms with Crippen molar-refractivity contribution in [3.63, 3.8) is 0 Å². The van der Waals surface area contributed by atoms with Gasteiger partial charge in [-0.05, 0) is 88.1 Å². The molecule has 3 N–H and O–H groups in total. The number of anilines is 3. The van der Waals surface area contributed by atoms with Crippen LogP contribution >= 0.6 is 0 Å². The van der Waals surface area contributed by atoms with Crippen molar-refractivity contribution in [3.05, 3.63) is 71.1 Å². The molecular weight excluding hydrogens is 799 g/mol. The van der Waals surface area contributed by atoms with Crippen LogP contribution in [0.15, 0.2) is 42.5 Å². The fourth-order valence-electron chi connectivity index (χ4n) is 10.0. The number of hydrogen-bond donors (Lipinski definition) is 3. The van der Waals surface area contributed by atoms with Crippen LogP contribution in [0.5, 0.6) is 11.6 Å². The van der Waals surface area contributed by atoms with E-state index in [0.717, 1.165) is 91.8 Å². The highest BCUT2D eigenvalue weighted by Gasteiger charge is 2.35. The summed E-state index contributed by atoms with van der Waals surface area (Å²) in [6.45, 7) is 7.72. The van der Waals surface area contributed by atoms with Crippen LogP contribution in [0, 0.1) is 37.3 Å². The van der Waals surface area contributed by atoms with E-state index in [9.17, 15) is 14.4 Å². The van der Waals surface area contributed by atoms with Gasteiger partial charge >= 0.3 is 0 Å². The van der Waals surface area contributed by atoms with Gasteiger partial charge in [-0.25, -0.2) is 18.4 Å².